The van der Waals surface area contributed by atoms with Crippen molar-refractivity contribution in [2.45, 2.75) is 80.5 Å². The molecule has 2 aliphatic carbocycles. The fourth-order valence-electron chi connectivity index (χ4n) is 8.92. The summed E-state index contributed by atoms with van der Waals surface area (Å²) in [6.07, 6.45) is 7.65. The van der Waals surface area contributed by atoms with Gasteiger partial charge in [-0.3, -0.25) is 24.1 Å². The number of alkyl carbamates (subject to hydrolysis) is 1. The molecule has 1 heterocycles. The molecule has 422 valence electrons. The zero-order valence-electron chi connectivity index (χ0n) is 42.6. The molecule has 1 saturated carbocycles. The van der Waals surface area contributed by atoms with Gasteiger partial charge >= 0.3 is 18.0 Å². The molecule has 24 nitrogen and oxygen atoms in total. The van der Waals surface area contributed by atoms with Gasteiger partial charge in [0.05, 0.1) is 76.1 Å². The van der Waals surface area contributed by atoms with Gasteiger partial charge in [-0.1, -0.05) is 31.9 Å². The highest BCUT2D eigenvalue weighted by atomic mass is 32.2. The van der Waals surface area contributed by atoms with E-state index in [9.17, 15) is 60.1 Å². The predicted octanol–water partition coefficient (Wildman–Crippen LogP) is 5.13. The number of carbonyl (C=O) groups is 5. The van der Waals surface area contributed by atoms with E-state index in [1.54, 1.807) is 0 Å². The van der Waals surface area contributed by atoms with Gasteiger partial charge in [0, 0.05) is 41.6 Å². The highest BCUT2D eigenvalue weighted by Crippen LogP contribution is 2.52. The van der Waals surface area contributed by atoms with E-state index in [2.05, 4.69) is 29.5 Å². The van der Waals surface area contributed by atoms with Gasteiger partial charge in [-0.2, -0.15) is 16.8 Å². The Bertz CT molecular complexity index is 2980. The number of rotatable bonds is 35. The maximum absolute atomic E-state index is 13.4. The number of fused-ring (bicyclic) bond motifs is 2. The monoisotopic (exact) mass is 1120 g/mol. The Labute approximate surface area is 445 Å². The molecule has 26 heteroatoms. The van der Waals surface area contributed by atoms with Crippen LogP contribution in [0.1, 0.15) is 85.4 Å². The third-order valence-electron chi connectivity index (χ3n) is 12.8. The van der Waals surface area contributed by atoms with Crippen LogP contribution in [0.5, 0.6) is 0 Å². The average molecular weight is 1120 g/mol. The minimum atomic E-state index is -5.26. The lowest BCUT2D eigenvalue weighted by molar-refractivity contribution is -0.139. The van der Waals surface area contributed by atoms with Crippen molar-refractivity contribution in [2.24, 2.45) is 17.8 Å². The molecule has 0 radical (unpaired) electrons. The highest BCUT2D eigenvalue weighted by molar-refractivity contribution is 7.86. The van der Waals surface area contributed by atoms with Crippen molar-refractivity contribution in [1.82, 2.24) is 16.0 Å². The molecule has 3 amide bonds. The molecule has 2 aromatic rings. The van der Waals surface area contributed by atoms with Crippen LogP contribution in [0.3, 0.4) is 0 Å². The van der Waals surface area contributed by atoms with Crippen molar-refractivity contribution in [3.8, 4) is 22.5 Å². The quantitative estimate of drug-likeness (QED) is 0.00947. The maximum atomic E-state index is 13.4. The van der Waals surface area contributed by atoms with E-state index in [4.69, 9.17) is 39.2 Å². The first kappa shape index (κ1) is 61.3. The van der Waals surface area contributed by atoms with Gasteiger partial charge in [-0.25, -0.2) is 14.4 Å². The van der Waals surface area contributed by atoms with E-state index in [-0.39, 0.29) is 79.2 Å². The summed E-state index contributed by atoms with van der Waals surface area (Å²) in [7, 11) is -10.5. The van der Waals surface area contributed by atoms with Crippen LogP contribution in [0, 0.1) is 23.2 Å². The van der Waals surface area contributed by atoms with Crippen LogP contribution in [0.15, 0.2) is 69.3 Å². The van der Waals surface area contributed by atoms with Gasteiger partial charge in [0.1, 0.15) is 6.04 Å². The lowest BCUT2D eigenvalue weighted by Gasteiger charge is -2.20. The van der Waals surface area contributed by atoms with E-state index in [1.165, 1.54) is 18.9 Å². The Morgan fingerprint density at radius 2 is 1.42 bits per heavy atom. The molecule has 0 spiro atoms. The third kappa shape index (κ3) is 17.8. The topological polar surface area (TPSA) is 380 Å². The number of hydrogen-bond acceptors (Lipinski definition) is 17. The standard InChI is InChI=1S/C51H67N5O19S2/c1-3-5-9-32-33(10-6-4-2)38(32)30-74-51(63)55-20-22-71-24-26-73-28-27-72-25-23-70-21-18-42(57)54-19-8-7-11-41(50(61)62)56-48(58)31-12-13-34(37(29-31)49(59)60)43-35-14-16-39(52)46(76(64,65)66)44(35)75-45-36(43)15-17-40(53)47(45)77(67,68)69/h3,12-17,29,32-33,38,41,52H,1,4-11,18-28,30,53H2,2H3,(H,54,57)(H,55,63)(H,56,58)(H,59,60)(H,61,62)(H,64,65,66)(H,67,68,69). The first-order valence-corrected chi connectivity index (χ1v) is 27.9. The minimum absolute atomic E-state index is 0.0611. The number of ether oxygens (including phenoxy) is 5. The molecule has 10 N–H and O–H groups in total. The number of hydrogen-bond donors (Lipinski definition) is 9. The van der Waals surface area contributed by atoms with Gasteiger partial charge in [0.2, 0.25) is 5.91 Å². The van der Waals surface area contributed by atoms with Crippen LogP contribution >= 0.6 is 0 Å². The number of nitrogens with two attached hydrogens (primary N) is 1. The van der Waals surface area contributed by atoms with Gasteiger partial charge < -0.3 is 60.0 Å². The van der Waals surface area contributed by atoms with E-state index >= 15 is 0 Å². The molecule has 0 saturated heterocycles. The van der Waals surface area contributed by atoms with Crippen molar-refractivity contribution in [3.63, 3.8) is 0 Å². The summed E-state index contributed by atoms with van der Waals surface area (Å²) in [6, 6.07) is 6.08. The van der Waals surface area contributed by atoms with Crippen molar-refractivity contribution >= 4 is 66.7 Å². The second-order valence-electron chi connectivity index (χ2n) is 18.1. The van der Waals surface area contributed by atoms with Crippen LogP contribution in [0.4, 0.5) is 10.5 Å². The van der Waals surface area contributed by atoms with Crippen LogP contribution in [-0.2, 0) is 53.5 Å². The summed E-state index contributed by atoms with van der Waals surface area (Å²) in [5.41, 5.74) is 2.91. The molecule has 0 aromatic heterocycles. The van der Waals surface area contributed by atoms with Crippen LogP contribution in [0.2, 0.25) is 0 Å². The maximum Gasteiger partial charge on any atom is 0.407 e. The molecule has 1 fully saturated rings. The normalized spacial score (nSPS) is 15.7. The number of carboxylic acid groups (broad SMARTS) is 2. The van der Waals surface area contributed by atoms with Gasteiger partial charge in [-0.15, -0.1) is 6.58 Å². The zero-order valence-corrected chi connectivity index (χ0v) is 44.2. The van der Waals surface area contributed by atoms with E-state index in [1.807, 2.05) is 6.08 Å². The van der Waals surface area contributed by atoms with Crippen molar-refractivity contribution < 1.29 is 88.2 Å². The Hall–Kier alpha value is -6.52. The second-order valence-corrected chi connectivity index (χ2v) is 20.8. The molecular weight excluding hydrogens is 1050 g/mol. The molecule has 77 heavy (non-hydrogen) atoms. The van der Waals surface area contributed by atoms with Gasteiger partial charge in [0.25, 0.3) is 26.1 Å². The number of nitrogen functional groups attached to an aromatic ring is 1. The Kier molecular flexibility index (Phi) is 23.3. The summed E-state index contributed by atoms with van der Waals surface area (Å²) in [5.74, 6) is -3.45. The Morgan fingerprint density at radius 1 is 0.779 bits per heavy atom. The van der Waals surface area contributed by atoms with Crippen LogP contribution < -0.4 is 27.0 Å². The van der Waals surface area contributed by atoms with Crippen molar-refractivity contribution in [2.75, 3.05) is 78.3 Å². The number of carbonyl (C=O) groups excluding carboxylic acids is 3. The number of anilines is 1. The molecule has 5 rings (SSSR count). The summed E-state index contributed by atoms with van der Waals surface area (Å²) in [4.78, 5) is 60.7. The molecule has 2 aromatic carbocycles. The molecule has 1 aliphatic heterocycles. The second kappa shape index (κ2) is 29.3. The predicted molar refractivity (Wildman–Crippen MR) is 278 cm³/mol. The summed E-state index contributed by atoms with van der Waals surface area (Å²) < 4.78 is 103. The smallest absolute Gasteiger partial charge is 0.407 e. The number of nitrogens with one attached hydrogen (secondary N) is 4. The molecule has 4 unspecified atom stereocenters. The molecule has 0 bridgehead atoms. The summed E-state index contributed by atoms with van der Waals surface area (Å²) in [6.45, 7) is 9.27. The number of aromatic carboxylic acids is 1. The Balaban J connectivity index is 0.978. The number of amides is 3. The lowest BCUT2D eigenvalue weighted by atomic mass is 9.89. The number of unbranched alkanes of at least 4 members (excludes halogenated alkanes) is 2. The van der Waals surface area contributed by atoms with Crippen molar-refractivity contribution in [1.29, 1.82) is 5.41 Å². The minimum Gasteiger partial charge on any atom is -0.480 e. The first-order chi connectivity index (χ1) is 36.7. The largest absolute Gasteiger partial charge is 0.480 e. The Morgan fingerprint density at radius 3 is 2.04 bits per heavy atom. The van der Waals surface area contributed by atoms with E-state index in [0.717, 1.165) is 55.7 Å². The van der Waals surface area contributed by atoms with E-state index < -0.39 is 88.0 Å². The average Bonchev–Trinajstić information content (AvgIpc) is 4.12. The SMILES string of the molecule is C=CCCC1C(CCCC)C1COC(=O)NCCOCCOCCOCCOCCC(=O)NCCCCC(NC(=O)c1ccc(-c2c3ccc(=N)c(S(=O)(=O)O)c-3oc3c(S(=O)(=O)O)c(N)ccc23)c(C(=O)O)c1)C(=O)O. The first-order valence-electron chi connectivity index (χ1n) is 25.0. The van der Waals surface area contributed by atoms with Gasteiger partial charge in [-0.05, 0) is 98.2 Å². The lowest BCUT2D eigenvalue weighted by Crippen LogP contribution is -2.41. The summed E-state index contributed by atoms with van der Waals surface area (Å²) in [5, 5.41) is 35.2. The van der Waals surface area contributed by atoms with E-state index in [0.29, 0.717) is 70.4 Å². The number of benzene rings is 3. The molecule has 3 aliphatic rings. The van der Waals surface area contributed by atoms with Crippen molar-refractivity contribution in [3.05, 3.63) is 71.6 Å². The number of aliphatic carboxylic acids is 1. The number of allylic oxidation sites excluding steroid dienone is 1. The summed E-state index contributed by atoms with van der Waals surface area (Å²) >= 11 is 0. The van der Waals surface area contributed by atoms with Crippen LogP contribution in [0.25, 0.3) is 33.4 Å². The zero-order chi connectivity index (χ0) is 56.3. The van der Waals surface area contributed by atoms with Crippen LogP contribution in [-0.4, -0.2) is 145 Å². The fourth-order valence-corrected chi connectivity index (χ4v) is 10.4. The fraction of sp³-hybridized carbons (Fsp3) is 0.490. The molecular formula is C51H67N5O19S2. The van der Waals surface area contributed by atoms with Gasteiger partial charge in [0.15, 0.2) is 21.1 Å². The molecule has 4 atom stereocenters. The highest BCUT2D eigenvalue weighted by Gasteiger charge is 2.48. The third-order valence-corrected chi connectivity index (χ3v) is 14.6. The number of carboxylic acids is 2.